The van der Waals surface area contributed by atoms with Crippen LogP contribution in [-0.2, 0) is 6.61 Å². The van der Waals surface area contributed by atoms with E-state index in [-0.39, 0.29) is 12.4 Å². The highest BCUT2D eigenvalue weighted by atomic mass is 19.1. The van der Waals surface area contributed by atoms with Crippen molar-refractivity contribution in [2.45, 2.75) is 6.61 Å². The molecule has 0 saturated carbocycles. The van der Waals surface area contributed by atoms with Gasteiger partial charge in [-0.15, -0.1) is 0 Å². The molecule has 18 heavy (non-hydrogen) atoms. The number of anilines is 1. The van der Waals surface area contributed by atoms with Crippen LogP contribution in [0.3, 0.4) is 0 Å². The molecule has 0 radical (unpaired) electrons. The number of halogens is 2. The first-order chi connectivity index (χ1) is 8.67. The SMILES string of the molecule is NNc1ccnc(COc2cc(F)cc(F)c2)c1. The molecule has 0 bridgehead atoms. The highest BCUT2D eigenvalue weighted by Gasteiger charge is 2.03. The molecule has 0 aliphatic carbocycles. The van der Waals surface area contributed by atoms with Crippen molar-refractivity contribution in [1.29, 1.82) is 0 Å². The molecular weight excluding hydrogens is 240 g/mol. The first-order valence-electron chi connectivity index (χ1n) is 5.18. The Hall–Kier alpha value is -2.21. The van der Waals surface area contributed by atoms with Crippen LogP contribution in [0.4, 0.5) is 14.5 Å². The highest BCUT2D eigenvalue weighted by Crippen LogP contribution is 2.17. The molecule has 3 N–H and O–H groups in total. The minimum absolute atomic E-state index is 0.0956. The van der Waals surface area contributed by atoms with E-state index in [0.29, 0.717) is 11.4 Å². The summed E-state index contributed by atoms with van der Waals surface area (Å²) >= 11 is 0. The van der Waals surface area contributed by atoms with E-state index in [4.69, 9.17) is 10.6 Å². The third-order valence-electron chi connectivity index (χ3n) is 2.21. The first kappa shape index (κ1) is 12.3. The van der Waals surface area contributed by atoms with Crippen LogP contribution in [-0.4, -0.2) is 4.98 Å². The maximum atomic E-state index is 12.9. The predicted octanol–water partition coefficient (Wildman–Crippen LogP) is 2.22. The van der Waals surface area contributed by atoms with Gasteiger partial charge in [-0.3, -0.25) is 10.8 Å². The second-order valence-corrected chi connectivity index (χ2v) is 3.57. The molecule has 2 rings (SSSR count). The highest BCUT2D eigenvalue weighted by molar-refractivity contribution is 5.41. The minimum atomic E-state index is -0.685. The summed E-state index contributed by atoms with van der Waals surface area (Å²) in [6.07, 6.45) is 1.56. The number of nitrogen functional groups attached to an aromatic ring is 1. The van der Waals surface area contributed by atoms with Crippen LogP contribution in [0.1, 0.15) is 5.69 Å². The fraction of sp³-hybridized carbons (Fsp3) is 0.0833. The zero-order valence-electron chi connectivity index (χ0n) is 9.36. The Morgan fingerprint density at radius 1 is 1.17 bits per heavy atom. The van der Waals surface area contributed by atoms with Crippen LogP contribution in [0, 0.1) is 11.6 Å². The molecule has 0 amide bonds. The van der Waals surface area contributed by atoms with Gasteiger partial charge in [0.05, 0.1) is 11.4 Å². The van der Waals surface area contributed by atoms with Gasteiger partial charge in [0.15, 0.2) is 0 Å². The van der Waals surface area contributed by atoms with E-state index in [2.05, 4.69) is 10.4 Å². The third kappa shape index (κ3) is 3.14. The lowest BCUT2D eigenvalue weighted by Crippen LogP contribution is -2.08. The van der Waals surface area contributed by atoms with Crippen molar-refractivity contribution in [1.82, 2.24) is 4.98 Å². The average molecular weight is 251 g/mol. The molecule has 0 aliphatic heterocycles. The summed E-state index contributed by atoms with van der Waals surface area (Å²) in [5, 5.41) is 0. The van der Waals surface area contributed by atoms with Crippen molar-refractivity contribution in [2.75, 3.05) is 5.43 Å². The number of rotatable bonds is 4. The summed E-state index contributed by atoms with van der Waals surface area (Å²) in [6.45, 7) is 0.0956. The number of hydrogen-bond donors (Lipinski definition) is 2. The van der Waals surface area contributed by atoms with Gasteiger partial charge in [-0.2, -0.15) is 0 Å². The molecule has 0 fully saturated rings. The van der Waals surface area contributed by atoms with E-state index in [9.17, 15) is 8.78 Å². The summed E-state index contributed by atoms with van der Waals surface area (Å²) in [7, 11) is 0. The largest absolute Gasteiger partial charge is 0.487 e. The zero-order chi connectivity index (χ0) is 13.0. The van der Waals surface area contributed by atoms with E-state index in [1.807, 2.05) is 0 Å². The molecule has 6 heteroatoms. The number of benzene rings is 1. The Balaban J connectivity index is 2.06. The second kappa shape index (κ2) is 5.42. The van der Waals surface area contributed by atoms with Crippen molar-refractivity contribution in [2.24, 2.45) is 5.84 Å². The molecule has 0 spiro atoms. The lowest BCUT2D eigenvalue weighted by molar-refractivity contribution is 0.298. The summed E-state index contributed by atoms with van der Waals surface area (Å²) in [4.78, 5) is 4.04. The van der Waals surface area contributed by atoms with Crippen LogP contribution in [0.15, 0.2) is 36.5 Å². The number of nitrogens with zero attached hydrogens (tertiary/aromatic N) is 1. The molecule has 1 aromatic heterocycles. The molecule has 1 heterocycles. The molecule has 94 valence electrons. The topological polar surface area (TPSA) is 60.2 Å². The molecule has 1 aromatic carbocycles. The van der Waals surface area contributed by atoms with Crippen molar-refractivity contribution < 1.29 is 13.5 Å². The maximum Gasteiger partial charge on any atom is 0.130 e. The molecule has 4 nitrogen and oxygen atoms in total. The quantitative estimate of drug-likeness (QED) is 0.646. The van der Waals surface area contributed by atoms with Gasteiger partial charge in [0.25, 0.3) is 0 Å². The second-order valence-electron chi connectivity index (χ2n) is 3.57. The van der Waals surface area contributed by atoms with Crippen LogP contribution in [0.25, 0.3) is 0 Å². The Bertz CT molecular complexity index is 528. The lowest BCUT2D eigenvalue weighted by Gasteiger charge is -2.07. The number of pyridine rings is 1. The smallest absolute Gasteiger partial charge is 0.130 e. The zero-order valence-corrected chi connectivity index (χ0v) is 9.36. The predicted molar refractivity (Wildman–Crippen MR) is 62.7 cm³/mol. The average Bonchev–Trinajstić information content (AvgIpc) is 2.35. The van der Waals surface area contributed by atoms with Crippen LogP contribution in [0.2, 0.25) is 0 Å². The van der Waals surface area contributed by atoms with Gasteiger partial charge < -0.3 is 10.2 Å². The summed E-state index contributed by atoms with van der Waals surface area (Å²) in [5.41, 5.74) is 3.74. The lowest BCUT2D eigenvalue weighted by atomic mass is 10.3. The standard InChI is InChI=1S/C12H11F2N3O/c13-8-3-9(14)5-12(4-8)18-7-11-6-10(17-15)1-2-16-11/h1-6H,7,15H2,(H,16,17). The number of nitrogens with two attached hydrogens (primary N) is 1. The van der Waals surface area contributed by atoms with E-state index in [0.717, 1.165) is 18.2 Å². The number of aromatic nitrogens is 1. The first-order valence-corrected chi connectivity index (χ1v) is 5.18. The summed E-state index contributed by atoms with van der Waals surface area (Å²) in [5.74, 6) is 3.99. The minimum Gasteiger partial charge on any atom is -0.487 e. The van der Waals surface area contributed by atoms with Gasteiger partial charge in [-0.1, -0.05) is 0 Å². The molecule has 0 saturated heterocycles. The fourth-order valence-corrected chi connectivity index (χ4v) is 1.42. The number of nitrogens with one attached hydrogen (secondary N) is 1. The Morgan fingerprint density at radius 2 is 1.89 bits per heavy atom. The number of hydrazine groups is 1. The van der Waals surface area contributed by atoms with Crippen LogP contribution in [0.5, 0.6) is 5.75 Å². The van der Waals surface area contributed by atoms with E-state index >= 15 is 0 Å². The van der Waals surface area contributed by atoms with Crippen molar-refractivity contribution in [3.63, 3.8) is 0 Å². The van der Waals surface area contributed by atoms with Gasteiger partial charge in [-0.25, -0.2) is 8.78 Å². The van der Waals surface area contributed by atoms with Crippen molar-refractivity contribution in [3.8, 4) is 5.75 Å². The van der Waals surface area contributed by atoms with Crippen LogP contribution < -0.4 is 16.0 Å². The number of ether oxygens (including phenoxy) is 1. The Kier molecular flexibility index (Phi) is 3.69. The maximum absolute atomic E-state index is 12.9. The third-order valence-corrected chi connectivity index (χ3v) is 2.21. The van der Waals surface area contributed by atoms with Gasteiger partial charge in [0.2, 0.25) is 0 Å². The van der Waals surface area contributed by atoms with Crippen LogP contribution >= 0.6 is 0 Å². The molecule has 0 atom stereocenters. The van der Waals surface area contributed by atoms with E-state index < -0.39 is 11.6 Å². The van der Waals surface area contributed by atoms with Gasteiger partial charge in [0.1, 0.15) is 24.0 Å². The van der Waals surface area contributed by atoms with E-state index in [1.54, 1.807) is 18.3 Å². The van der Waals surface area contributed by atoms with Crippen molar-refractivity contribution >= 4 is 5.69 Å². The van der Waals surface area contributed by atoms with Gasteiger partial charge in [0, 0.05) is 24.4 Å². The Morgan fingerprint density at radius 3 is 2.56 bits per heavy atom. The fourth-order valence-electron chi connectivity index (χ4n) is 1.42. The molecule has 2 aromatic rings. The monoisotopic (exact) mass is 251 g/mol. The molecule has 0 unspecified atom stereocenters. The van der Waals surface area contributed by atoms with Gasteiger partial charge >= 0.3 is 0 Å². The van der Waals surface area contributed by atoms with E-state index in [1.165, 1.54) is 0 Å². The molecule has 0 aliphatic rings. The van der Waals surface area contributed by atoms with Gasteiger partial charge in [-0.05, 0) is 12.1 Å². The Labute approximate surface area is 102 Å². The number of hydrogen-bond acceptors (Lipinski definition) is 4. The molecular formula is C12H11F2N3O. The summed E-state index contributed by atoms with van der Waals surface area (Å²) in [6, 6.07) is 6.35. The normalized spacial score (nSPS) is 10.2. The van der Waals surface area contributed by atoms with Crippen molar-refractivity contribution in [3.05, 3.63) is 53.9 Å². The summed E-state index contributed by atoms with van der Waals surface area (Å²) < 4.78 is 31.1.